The van der Waals surface area contributed by atoms with Crippen LogP contribution in [0.2, 0.25) is 0 Å². The van der Waals surface area contributed by atoms with Crippen molar-refractivity contribution in [1.29, 1.82) is 5.26 Å². The summed E-state index contributed by atoms with van der Waals surface area (Å²) >= 11 is 0. The Morgan fingerprint density at radius 2 is 2.15 bits per heavy atom. The molecule has 2 rings (SSSR count). The van der Waals surface area contributed by atoms with Gasteiger partial charge < -0.3 is 10.2 Å². The average molecular weight is 273 g/mol. The zero-order chi connectivity index (χ0) is 14.5. The fraction of sp³-hybridized carbons (Fsp3) is 0.400. The predicted octanol–water partition coefficient (Wildman–Crippen LogP) is 1.62. The van der Waals surface area contributed by atoms with Gasteiger partial charge in [0.25, 0.3) is 0 Å². The van der Waals surface area contributed by atoms with Gasteiger partial charge in [-0.05, 0) is 24.6 Å². The van der Waals surface area contributed by atoms with Crippen LogP contribution in [0.4, 0.5) is 4.39 Å². The van der Waals surface area contributed by atoms with E-state index in [4.69, 9.17) is 5.26 Å². The van der Waals surface area contributed by atoms with Gasteiger partial charge in [-0.25, -0.2) is 9.18 Å². The Morgan fingerprint density at radius 3 is 2.75 bits per heavy atom. The normalized spacial score (nSPS) is 22.2. The molecular weight excluding hydrogens is 257 g/mol. The molecule has 104 valence electrons. The van der Waals surface area contributed by atoms with Crippen LogP contribution in [0, 0.1) is 17.1 Å². The minimum atomic E-state index is -0.290. The third-order valence-electron chi connectivity index (χ3n) is 3.52. The molecule has 4 nitrogen and oxygen atoms in total. The van der Waals surface area contributed by atoms with Crippen LogP contribution >= 0.6 is 0 Å². The summed E-state index contributed by atoms with van der Waals surface area (Å²) in [6.45, 7) is 3.00. The molecule has 1 aromatic carbocycles. The number of carbonyl (C=O) groups excluding carboxylic acids is 1. The largest absolute Gasteiger partial charge is 0.355 e. The van der Waals surface area contributed by atoms with E-state index >= 15 is 0 Å². The molecule has 1 aliphatic heterocycles. The Labute approximate surface area is 117 Å². The summed E-state index contributed by atoms with van der Waals surface area (Å²) in [4.78, 5) is 13.1. The number of nitriles is 1. The Hall–Kier alpha value is -2.15. The summed E-state index contributed by atoms with van der Waals surface area (Å²) < 4.78 is 12.9. The van der Waals surface area contributed by atoms with Crippen LogP contribution in [0.25, 0.3) is 0 Å². The first-order valence-electron chi connectivity index (χ1n) is 6.52. The zero-order valence-corrected chi connectivity index (χ0v) is 11.3. The van der Waals surface area contributed by atoms with Gasteiger partial charge >= 0.3 is 0 Å². The number of piperazine rings is 1. The van der Waals surface area contributed by atoms with Crippen molar-refractivity contribution in [3.8, 4) is 6.07 Å². The number of hydrogen-bond acceptors (Lipinski definition) is 4. The van der Waals surface area contributed by atoms with E-state index in [1.165, 1.54) is 12.1 Å². The van der Waals surface area contributed by atoms with Crippen LogP contribution in [0.1, 0.15) is 18.9 Å². The van der Waals surface area contributed by atoms with Crippen molar-refractivity contribution in [3.63, 3.8) is 0 Å². The van der Waals surface area contributed by atoms with Crippen molar-refractivity contribution in [2.75, 3.05) is 6.54 Å². The minimum Gasteiger partial charge on any atom is -0.355 e. The van der Waals surface area contributed by atoms with Gasteiger partial charge in [0.2, 0.25) is 0 Å². The maximum atomic E-state index is 12.9. The van der Waals surface area contributed by atoms with Crippen molar-refractivity contribution < 1.29 is 9.18 Å². The molecule has 1 N–H and O–H groups in total. The van der Waals surface area contributed by atoms with E-state index in [-0.39, 0.29) is 17.9 Å². The van der Waals surface area contributed by atoms with E-state index in [1.54, 1.807) is 12.1 Å². The monoisotopic (exact) mass is 273 g/mol. The van der Waals surface area contributed by atoms with E-state index in [9.17, 15) is 9.18 Å². The number of benzene rings is 1. The van der Waals surface area contributed by atoms with Gasteiger partial charge in [-0.3, -0.25) is 0 Å². The van der Waals surface area contributed by atoms with Crippen molar-refractivity contribution in [2.24, 2.45) is 0 Å². The highest BCUT2D eigenvalue weighted by atomic mass is 19.1. The lowest BCUT2D eigenvalue weighted by Crippen LogP contribution is -2.53. The van der Waals surface area contributed by atoms with Crippen LogP contribution in [0.3, 0.4) is 0 Å². The van der Waals surface area contributed by atoms with E-state index < -0.39 is 0 Å². The summed E-state index contributed by atoms with van der Waals surface area (Å²) in [6.07, 6.45) is 0.325. The predicted molar refractivity (Wildman–Crippen MR) is 72.6 cm³/mol. The third-order valence-corrected chi connectivity index (χ3v) is 3.52. The first-order chi connectivity index (χ1) is 9.65. The van der Waals surface area contributed by atoms with Gasteiger partial charge in [0.05, 0.1) is 24.6 Å². The molecule has 0 amide bonds. The van der Waals surface area contributed by atoms with E-state index in [1.807, 2.05) is 17.8 Å². The quantitative estimate of drug-likeness (QED) is 0.850. The lowest BCUT2D eigenvalue weighted by atomic mass is 10.0. The lowest BCUT2D eigenvalue weighted by molar-refractivity contribution is 0.186. The van der Waals surface area contributed by atoms with Gasteiger partial charge in [0, 0.05) is 13.1 Å². The van der Waals surface area contributed by atoms with Crippen LogP contribution in [-0.4, -0.2) is 29.5 Å². The molecule has 0 aromatic heterocycles. The molecule has 0 aliphatic carbocycles. The smallest absolute Gasteiger partial charge is 0.147 e. The second-order valence-electron chi connectivity index (χ2n) is 4.89. The summed E-state index contributed by atoms with van der Waals surface area (Å²) in [7, 11) is 0. The van der Waals surface area contributed by atoms with Crippen molar-refractivity contribution in [3.05, 3.63) is 41.3 Å². The first-order valence-corrected chi connectivity index (χ1v) is 6.52. The Kier molecular flexibility index (Phi) is 4.52. The van der Waals surface area contributed by atoms with E-state index in [2.05, 4.69) is 11.4 Å². The second-order valence-corrected chi connectivity index (χ2v) is 4.89. The van der Waals surface area contributed by atoms with Crippen LogP contribution in [0.5, 0.6) is 0 Å². The highest BCUT2D eigenvalue weighted by Gasteiger charge is 2.30. The molecule has 1 aromatic rings. The van der Waals surface area contributed by atoms with Crippen LogP contribution in [-0.2, 0) is 11.3 Å². The molecule has 0 bridgehead atoms. The highest BCUT2D eigenvalue weighted by molar-refractivity contribution is 5.54. The van der Waals surface area contributed by atoms with Crippen LogP contribution < -0.4 is 5.32 Å². The Morgan fingerprint density at radius 1 is 1.45 bits per heavy atom. The number of nitrogens with one attached hydrogen (secondary N) is 1. The number of rotatable bonds is 3. The Bertz CT molecular complexity index is 557. The third kappa shape index (κ3) is 3.05. The summed E-state index contributed by atoms with van der Waals surface area (Å²) in [5.41, 5.74) is 1.41. The van der Waals surface area contributed by atoms with Gasteiger partial charge in [-0.2, -0.15) is 5.26 Å². The fourth-order valence-corrected chi connectivity index (χ4v) is 2.40. The summed E-state index contributed by atoms with van der Waals surface area (Å²) in [6, 6.07) is 8.13. The zero-order valence-electron chi connectivity index (χ0n) is 11.3. The molecule has 1 heterocycles. The average Bonchev–Trinajstić information content (AvgIpc) is 2.45. The minimum absolute atomic E-state index is 0.0716. The van der Waals surface area contributed by atoms with Gasteiger partial charge in [0.1, 0.15) is 17.5 Å². The second kappa shape index (κ2) is 6.33. The van der Waals surface area contributed by atoms with E-state index in [0.717, 1.165) is 5.56 Å². The standard InChI is InChI=1S/C15H16FN3O/c1-11-15(10-20)19(14(6-7-17)8-18-11)9-12-2-4-13(16)5-3-12/h2-5,11,14,18H,6,8-9H2,1H3. The molecule has 1 aliphatic rings. The van der Waals surface area contributed by atoms with Gasteiger partial charge in [-0.1, -0.05) is 12.1 Å². The number of hydrogen-bond donors (Lipinski definition) is 1. The van der Waals surface area contributed by atoms with Crippen molar-refractivity contribution in [2.45, 2.75) is 32.0 Å². The summed E-state index contributed by atoms with van der Waals surface area (Å²) in [5, 5.41) is 12.1. The molecule has 1 saturated heterocycles. The van der Waals surface area contributed by atoms with Crippen molar-refractivity contribution >= 4 is 5.94 Å². The molecule has 0 radical (unpaired) electrons. The molecule has 0 saturated carbocycles. The molecule has 20 heavy (non-hydrogen) atoms. The Balaban J connectivity index is 2.24. The SMILES string of the molecule is CC1NCC(CC#N)N(Cc2ccc(F)cc2)C1=C=O. The molecule has 5 heteroatoms. The van der Waals surface area contributed by atoms with Gasteiger partial charge in [0.15, 0.2) is 0 Å². The fourth-order valence-electron chi connectivity index (χ4n) is 2.40. The maximum Gasteiger partial charge on any atom is 0.147 e. The molecule has 1 fully saturated rings. The number of halogens is 1. The van der Waals surface area contributed by atoms with E-state index in [0.29, 0.717) is 25.2 Å². The topological polar surface area (TPSA) is 56.1 Å². The maximum absolute atomic E-state index is 12.9. The van der Waals surface area contributed by atoms with Crippen LogP contribution in [0.15, 0.2) is 30.0 Å². The molecule has 0 spiro atoms. The van der Waals surface area contributed by atoms with Gasteiger partial charge in [-0.15, -0.1) is 0 Å². The molecule has 2 unspecified atom stereocenters. The molecular formula is C15H16FN3O. The lowest BCUT2D eigenvalue weighted by Gasteiger charge is -2.40. The van der Waals surface area contributed by atoms with Crippen molar-refractivity contribution in [1.82, 2.24) is 10.2 Å². The first kappa shape index (κ1) is 14.3. The number of nitrogens with zero attached hydrogens (tertiary/aromatic N) is 2. The molecule has 2 atom stereocenters. The summed E-state index contributed by atoms with van der Waals surface area (Å²) in [5.74, 6) is 1.68. The highest BCUT2D eigenvalue weighted by Crippen LogP contribution is 2.21.